The van der Waals surface area contributed by atoms with Gasteiger partial charge in [-0.05, 0) is 30.2 Å². The van der Waals surface area contributed by atoms with E-state index in [1.54, 1.807) is 31.3 Å². The maximum atomic E-state index is 12.9. The number of amides is 2. The summed E-state index contributed by atoms with van der Waals surface area (Å²) in [7, 11) is 2.91. The molecule has 160 valence electrons. The second kappa shape index (κ2) is 10.1. The number of anilines is 1. The van der Waals surface area contributed by atoms with Crippen LogP contribution in [0, 0.1) is 5.92 Å². The first kappa shape index (κ1) is 23.1. The van der Waals surface area contributed by atoms with Gasteiger partial charge in [-0.25, -0.2) is 4.79 Å². The predicted octanol–water partition coefficient (Wildman–Crippen LogP) is 3.56. The van der Waals surface area contributed by atoms with Crippen molar-refractivity contribution in [2.24, 2.45) is 5.92 Å². The van der Waals surface area contributed by atoms with Crippen LogP contribution in [0.1, 0.15) is 43.1 Å². The van der Waals surface area contributed by atoms with Gasteiger partial charge >= 0.3 is 5.97 Å². The molecule has 2 rings (SSSR count). The van der Waals surface area contributed by atoms with Crippen LogP contribution in [0.2, 0.25) is 0 Å². The van der Waals surface area contributed by atoms with Gasteiger partial charge < -0.3 is 15.0 Å². The Hall–Kier alpha value is -3.15. The summed E-state index contributed by atoms with van der Waals surface area (Å²) in [5.41, 5.74) is 1.61. The zero-order chi connectivity index (χ0) is 22.3. The second-order valence-electron chi connectivity index (χ2n) is 7.76. The number of carbonyl (C=O) groups excluding carboxylic acids is 3. The van der Waals surface area contributed by atoms with Crippen molar-refractivity contribution in [1.29, 1.82) is 0 Å². The van der Waals surface area contributed by atoms with Gasteiger partial charge in [0, 0.05) is 24.1 Å². The fraction of sp³-hybridized carbons (Fsp3) is 0.375. The Kier molecular flexibility index (Phi) is 7.75. The van der Waals surface area contributed by atoms with Crippen LogP contribution in [-0.4, -0.2) is 38.5 Å². The molecule has 30 heavy (non-hydrogen) atoms. The van der Waals surface area contributed by atoms with Gasteiger partial charge in [0.05, 0.1) is 19.2 Å². The van der Waals surface area contributed by atoms with Gasteiger partial charge in [-0.2, -0.15) is 0 Å². The van der Waals surface area contributed by atoms with E-state index in [1.807, 2.05) is 51.1 Å². The Morgan fingerprint density at radius 3 is 2.33 bits per heavy atom. The Balaban J connectivity index is 2.05. The van der Waals surface area contributed by atoms with E-state index >= 15 is 0 Å². The van der Waals surface area contributed by atoms with E-state index in [0.717, 1.165) is 5.56 Å². The van der Waals surface area contributed by atoms with Crippen molar-refractivity contribution >= 4 is 23.5 Å². The molecule has 0 aromatic heterocycles. The Labute approximate surface area is 178 Å². The largest absolute Gasteiger partial charge is 0.465 e. The van der Waals surface area contributed by atoms with Gasteiger partial charge in [-0.3, -0.25) is 9.59 Å². The number of esters is 1. The minimum atomic E-state index is -0.472. The highest BCUT2D eigenvalue weighted by Gasteiger charge is 2.35. The third-order valence-electron chi connectivity index (χ3n) is 5.56. The van der Waals surface area contributed by atoms with E-state index in [-0.39, 0.29) is 29.7 Å². The summed E-state index contributed by atoms with van der Waals surface area (Å²) in [5.74, 6) is -1.19. The van der Waals surface area contributed by atoms with Crippen molar-refractivity contribution in [2.45, 2.75) is 32.6 Å². The van der Waals surface area contributed by atoms with Gasteiger partial charge in [-0.15, -0.1) is 0 Å². The van der Waals surface area contributed by atoms with Crippen LogP contribution in [0.5, 0.6) is 0 Å². The number of carbonyl (C=O) groups is 3. The molecule has 2 aromatic rings. The van der Waals surface area contributed by atoms with Crippen molar-refractivity contribution in [2.75, 3.05) is 25.6 Å². The number of benzene rings is 2. The fourth-order valence-electron chi connectivity index (χ4n) is 3.60. The molecule has 0 spiro atoms. The minimum absolute atomic E-state index is 0.126. The third kappa shape index (κ3) is 5.26. The van der Waals surface area contributed by atoms with Crippen molar-refractivity contribution in [3.63, 3.8) is 0 Å². The average Bonchev–Trinajstić information content (AvgIpc) is 2.77. The molecule has 0 saturated carbocycles. The number of ether oxygens (including phenoxy) is 1. The molecule has 0 bridgehead atoms. The van der Waals surface area contributed by atoms with E-state index < -0.39 is 5.97 Å². The summed E-state index contributed by atoms with van der Waals surface area (Å²) in [6, 6.07) is 16.5. The van der Waals surface area contributed by atoms with E-state index in [2.05, 4.69) is 5.32 Å². The molecule has 0 aliphatic rings. The normalized spacial score (nSPS) is 12.0. The molecule has 0 saturated heterocycles. The number of nitrogens with one attached hydrogen (secondary N) is 1. The molecule has 0 heterocycles. The number of nitrogens with zero attached hydrogens (tertiary/aromatic N) is 1. The molecule has 1 atom stereocenters. The van der Waals surface area contributed by atoms with Gasteiger partial charge in [0.15, 0.2) is 0 Å². The molecule has 0 aliphatic carbocycles. The van der Waals surface area contributed by atoms with Crippen LogP contribution in [0.3, 0.4) is 0 Å². The van der Waals surface area contributed by atoms with Crippen LogP contribution >= 0.6 is 0 Å². The second-order valence-corrected chi connectivity index (χ2v) is 7.76. The Morgan fingerprint density at radius 1 is 1.07 bits per heavy atom. The molecule has 0 fully saturated rings. The highest BCUT2D eigenvalue weighted by atomic mass is 16.5. The fourth-order valence-corrected chi connectivity index (χ4v) is 3.60. The molecule has 0 radical (unpaired) electrons. The molecule has 2 amide bonds. The van der Waals surface area contributed by atoms with Crippen molar-refractivity contribution in [1.82, 2.24) is 5.32 Å². The molecule has 2 aromatic carbocycles. The van der Waals surface area contributed by atoms with Crippen LogP contribution in [-0.2, 0) is 19.7 Å². The summed E-state index contributed by atoms with van der Waals surface area (Å²) in [6.45, 7) is 5.94. The Bertz CT molecular complexity index is 893. The molecular formula is C24H30N2O4. The monoisotopic (exact) mass is 410 g/mol. The predicted molar refractivity (Wildman–Crippen MR) is 117 cm³/mol. The van der Waals surface area contributed by atoms with Gasteiger partial charge in [0.1, 0.15) is 0 Å². The molecule has 1 N–H and O–H groups in total. The first-order valence-electron chi connectivity index (χ1n) is 10.0. The smallest absolute Gasteiger partial charge is 0.337 e. The summed E-state index contributed by atoms with van der Waals surface area (Å²) < 4.78 is 4.72. The van der Waals surface area contributed by atoms with Crippen molar-refractivity contribution in [3.8, 4) is 0 Å². The van der Waals surface area contributed by atoms with E-state index in [4.69, 9.17) is 4.74 Å². The van der Waals surface area contributed by atoms with E-state index in [1.165, 1.54) is 12.0 Å². The summed E-state index contributed by atoms with van der Waals surface area (Å²) in [4.78, 5) is 38.6. The molecule has 0 unspecified atom stereocenters. The van der Waals surface area contributed by atoms with Crippen LogP contribution < -0.4 is 10.2 Å². The van der Waals surface area contributed by atoms with Crippen LogP contribution in [0.25, 0.3) is 0 Å². The lowest BCUT2D eigenvalue weighted by Crippen LogP contribution is -2.45. The summed E-state index contributed by atoms with van der Waals surface area (Å²) in [5, 5.41) is 2.79. The van der Waals surface area contributed by atoms with Crippen molar-refractivity contribution in [3.05, 3.63) is 65.7 Å². The van der Waals surface area contributed by atoms with Crippen LogP contribution in [0.15, 0.2) is 54.6 Å². The SMILES string of the molecule is CC[C@H](C(=O)NCC(=O)N(C)c1cccc(C(=O)OC)c1)C(C)(C)c1ccccc1. The molecule has 0 aliphatic heterocycles. The lowest BCUT2D eigenvalue weighted by atomic mass is 9.71. The quantitative estimate of drug-likeness (QED) is 0.675. The Morgan fingerprint density at radius 2 is 1.73 bits per heavy atom. The molecule has 6 nitrogen and oxygen atoms in total. The zero-order valence-corrected chi connectivity index (χ0v) is 18.3. The molecule has 6 heteroatoms. The molecular weight excluding hydrogens is 380 g/mol. The number of hydrogen-bond acceptors (Lipinski definition) is 4. The number of methoxy groups -OCH3 is 1. The first-order valence-corrected chi connectivity index (χ1v) is 10.0. The average molecular weight is 411 g/mol. The summed E-state index contributed by atoms with van der Waals surface area (Å²) >= 11 is 0. The van der Waals surface area contributed by atoms with E-state index in [0.29, 0.717) is 17.7 Å². The third-order valence-corrected chi connectivity index (χ3v) is 5.56. The van der Waals surface area contributed by atoms with Crippen molar-refractivity contribution < 1.29 is 19.1 Å². The van der Waals surface area contributed by atoms with Gasteiger partial charge in [0.2, 0.25) is 11.8 Å². The lowest BCUT2D eigenvalue weighted by molar-refractivity contribution is -0.129. The highest BCUT2D eigenvalue weighted by Crippen LogP contribution is 2.33. The number of rotatable bonds is 8. The van der Waals surface area contributed by atoms with Gasteiger partial charge in [-0.1, -0.05) is 57.2 Å². The number of hydrogen-bond donors (Lipinski definition) is 1. The topological polar surface area (TPSA) is 75.7 Å². The highest BCUT2D eigenvalue weighted by molar-refractivity contribution is 5.98. The van der Waals surface area contributed by atoms with Crippen LogP contribution in [0.4, 0.5) is 5.69 Å². The first-order chi connectivity index (χ1) is 14.2. The lowest BCUT2D eigenvalue weighted by Gasteiger charge is -2.33. The number of likely N-dealkylation sites (N-methyl/N-ethyl adjacent to an activating group) is 1. The minimum Gasteiger partial charge on any atom is -0.465 e. The maximum Gasteiger partial charge on any atom is 0.337 e. The maximum absolute atomic E-state index is 12.9. The standard InChI is InChI=1S/C24H30N2O4/c1-6-20(24(2,3)18-12-8-7-9-13-18)22(28)25-16-21(27)26(4)19-14-10-11-17(15-19)23(29)30-5/h7-15,20H,6,16H2,1-5H3,(H,25,28)/t20-/m1/s1. The van der Waals surface area contributed by atoms with Gasteiger partial charge in [0.25, 0.3) is 0 Å². The van der Waals surface area contributed by atoms with E-state index in [9.17, 15) is 14.4 Å². The summed E-state index contributed by atoms with van der Waals surface area (Å²) in [6.07, 6.45) is 0.652. The zero-order valence-electron chi connectivity index (χ0n) is 18.3.